The van der Waals surface area contributed by atoms with Crippen molar-refractivity contribution in [1.82, 2.24) is 5.32 Å². The third kappa shape index (κ3) is 65.2. The van der Waals surface area contributed by atoms with Crippen molar-refractivity contribution in [3.05, 3.63) is 36.5 Å². The van der Waals surface area contributed by atoms with Crippen LogP contribution in [0.4, 0.5) is 0 Å². The largest absolute Gasteiger partial charge is 0.466 e. The van der Waals surface area contributed by atoms with Crippen molar-refractivity contribution in [2.75, 3.05) is 13.2 Å². The Morgan fingerprint density at radius 3 is 0.988 bits per heavy atom. The zero-order chi connectivity index (χ0) is 57.8. The Morgan fingerprint density at radius 2 is 0.625 bits per heavy atom. The van der Waals surface area contributed by atoms with E-state index in [0.717, 1.165) is 51.4 Å². The number of aliphatic hydroxyl groups is 2. The molecular weight excluding hydrogens is 983 g/mol. The van der Waals surface area contributed by atoms with Crippen LogP contribution in [-0.2, 0) is 14.3 Å². The fourth-order valence-electron chi connectivity index (χ4n) is 11.4. The molecule has 0 spiro atoms. The fraction of sp³-hybridized carbons (Fsp3) is 0.892. The summed E-state index contributed by atoms with van der Waals surface area (Å²) in [7, 11) is 0. The molecule has 0 aliphatic carbocycles. The molecule has 0 bridgehead atoms. The molecule has 0 rings (SSSR count). The zero-order valence-electron chi connectivity index (χ0n) is 54.1. The number of esters is 1. The molecule has 6 heteroatoms. The first-order valence-corrected chi connectivity index (χ1v) is 36.2. The first-order chi connectivity index (χ1) is 39.5. The predicted octanol–water partition coefficient (Wildman–Crippen LogP) is 23.5. The highest BCUT2D eigenvalue weighted by molar-refractivity contribution is 5.76. The van der Waals surface area contributed by atoms with Crippen LogP contribution in [0.1, 0.15) is 399 Å². The van der Waals surface area contributed by atoms with Crippen molar-refractivity contribution in [3.63, 3.8) is 0 Å². The third-order valence-corrected chi connectivity index (χ3v) is 16.9. The predicted molar refractivity (Wildman–Crippen MR) is 352 cm³/mol. The number of unbranched alkanes of at least 4 members (excludes halogenated alkanes) is 51. The Balaban J connectivity index is 3.42. The quantitative estimate of drug-likeness (QED) is 0.0320. The van der Waals surface area contributed by atoms with Crippen molar-refractivity contribution < 1.29 is 24.5 Å². The lowest BCUT2D eigenvalue weighted by atomic mass is 10.0. The van der Waals surface area contributed by atoms with Gasteiger partial charge < -0.3 is 20.3 Å². The molecule has 0 aromatic carbocycles. The van der Waals surface area contributed by atoms with E-state index in [1.807, 2.05) is 0 Å². The van der Waals surface area contributed by atoms with Gasteiger partial charge in [-0.25, -0.2) is 0 Å². The minimum absolute atomic E-state index is 0.00103. The molecule has 0 saturated heterocycles. The van der Waals surface area contributed by atoms with Crippen molar-refractivity contribution in [2.24, 2.45) is 0 Å². The molecule has 0 aromatic rings. The van der Waals surface area contributed by atoms with Gasteiger partial charge in [0.1, 0.15) is 0 Å². The van der Waals surface area contributed by atoms with Crippen molar-refractivity contribution in [3.8, 4) is 0 Å². The van der Waals surface area contributed by atoms with E-state index in [1.54, 1.807) is 0 Å². The SMILES string of the molecule is CCCCC/C=C\CCCCCCCC(=O)OCCCCCCCCCCC/C=C\C/C=C\CCCCCCCCCCCCCC(=O)NC(CO)C(O)CCCCCCCCCCCCCCCCCCCCCCCCCC. The second-order valence-electron chi connectivity index (χ2n) is 24.9. The van der Waals surface area contributed by atoms with Crippen LogP contribution in [0, 0.1) is 0 Å². The van der Waals surface area contributed by atoms with Crippen LogP contribution in [0.3, 0.4) is 0 Å². The number of nitrogens with one attached hydrogen (secondary N) is 1. The van der Waals surface area contributed by atoms with Gasteiger partial charge in [0.2, 0.25) is 5.91 Å². The Hall–Kier alpha value is -1.92. The number of hydrogen-bond donors (Lipinski definition) is 3. The summed E-state index contributed by atoms with van der Waals surface area (Å²) in [5, 5.41) is 23.4. The van der Waals surface area contributed by atoms with Gasteiger partial charge in [-0.2, -0.15) is 0 Å². The topological polar surface area (TPSA) is 95.9 Å². The van der Waals surface area contributed by atoms with Crippen LogP contribution in [0.5, 0.6) is 0 Å². The van der Waals surface area contributed by atoms with Crippen molar-refractivity contribution >= 4 is 11.9 Å². The van der Waals surface area contributed by atoms with Crippen LogP contribution >= 0.6 is 0 Å². The monoisotopic (exact) mass is 1120 g/mol. The molecule has 1 amide bonds. The lowest BCUT2D eigenvalue weighted by Crippen LogP contribution is -2.45. The number of carbonyl (C=O) groups excluding carboxylic acids is 2. The first kappa shape index (κ1) is 78.1. The molecule has 0 saturated carbocycles. The number of amides is 1. The van der Waals surface area contributed by atoms with Gasteiger partial charge in [0.05, 0.1) is 25.4 Å². The minimum atomic E-state index is -0.668. The van der Waals surface area contributed by atoms with Gasteiger partial charge in [0.25, 0.3) is 0 Å². The maximum Gasteiger partial charge on any atom is 0.305 e. The lowest BCUT2D eigenvalue weighted by molar-refractivity contribution is -0.143. The smallest absolute Gasteiger partial charge is 0.305 e. The maximum absolute atomic E-state index is 12.6. The van der Waals surface area contributed by atoms with E-state index in [0.29, 0.717) is 25.9 Å². The maximum atomic E-state index is 12.6. The van der Waals surface area contributed by atoms with E-state index in [-0.39, 0.29) is 18.5 Å². The average Bonchev–Trinajstić information content (AvgIpc) is 3.46. The number of aliphatic hydroxyl groups excluding tert-OH is 2. The highest BCUT2D eigenvalue weighted by Gasteiger charge is 2.20. The molecule has 3 N–H and O–H groups in total. The van der Waals surface area contributed by atoms with E-state index in [9.17, 15) is 19.8 Å². The minimum Gasteiger partial charge on any atom is -0.466 e. The number of rotatable bonds is 68. The molecule has 0 radical (unpaired) electrons. The number of hydrogen-bond acceptors (Lipinski definition) is 5. The van der Waals surface area contributed by atoms with E-state index in [4.69, 9.17) is 4.74 Å². The summed E-state index contributed by atoms with van der Waals surface area (Å²) in [5.41, 5.74) is 0. The van der Waals surface area contributed by atoms with Gasteiger partial charge >= 0.3 is 5.97 Å². The average molecular weight is 1120 g/mol. The van der Waals surface area contributed by atoms with Gasteiger partial charge in [-0.15, -0.1) is 0 Å². The van der Waals surface area contributed by atoms with Crippen LogP contribution in [0.25, 0.3) is 0 Å². The van der Waals surface area contributed by atoms with E-state index < -0.39 is 12.1 Å². The summed E-state index contributed by atoms with van der Waals surface area (Å²) in [6.07, 6.45) is 89.1. The second kappa shape index (κ2) is 69.6. The van der Waals surface area contributed by atoms with E-state index in [1.165, 1.54) is 315 Å². The van der Waals surface area contributed by atoms with Crippen LogP contribution in [-0.4, -0.2) is 47.4 Å². The van der Waals surface area contributed by atoms with Crippen molar-refractivity contribution in [1.29, 1.82) is 0 Å². The zero-order valence-corrected chi connectivity index (χ0v) is 54.1. The summed E-state index contributed by atoms with van der Waals surface area (Å²) in [6, 6.07) is -0.546. The second-order valence-corrected chi connectivity index (χ2v) is 24.9. The normalized spacial score (nSPS) is 12.7. The molecule has 80 heavy (non-hydrogen) atoms. The summed E-state index contributed by atoms with van der Waals surface area (Å²) < 4.78 is 5.47. The highest BCUT2D eigenvalue weighted by atomic mass is 16.5. The number of ether oxygens (including phenoxy) is 1. The Bertz CT molecular complexity index is 1300. The summed E-state index contributed by atoms with van der Waals surface area (Å²) in [6.45, 7) is 4.96. The molecule has 472 valence electrons. The highest BCUT2D eigenvalue weighted by Crippen LogP contribution is 2.19. The molecule has 0 fully saturated rings. The third-order valence-electron chi connectivity index (χ3n) is 16.9. The molecular formula is C74H141NO5. The Kier molecular flexibility index (Phi) is 67.9. The van der Waals surface area contributed by atoms with Gasteiger partial charge in [0.15, 0.2) is 0 Å². The van der Waals surface area contributed by atoms with Crippen LogP contribution in [0.2, 0.25) is 0 Å². The van der Waals surface area contributed by atoms with Gasteiger partial charge in [0, 0.05) is 12.8 Å². The van der Waals surface area contributed by atoms with E-state index in [2.05, 4.69) is 55.6 Å². The number of carbonyl (C=O) groups is 2. The Morgan fingerprint density at radius 1 is 0.350 bits per heavy atom. The van der Waals surface area contributed by atoms with Gasteiger partial charge in [-0.3, -0.25) is 9.59 Å². The molecule has 0 heterocycles. The molecule has 6 nitrogen and oxygen atoms in total. The molecule has 0 aliphatic heterocycles. The molecule has 2 atom stereocenters. The molecule has 0 aliphatic rings. The van der Waals surface area contributed by atoms with Crippen LogP contribution in [0.15, 0.2) is 36.5 Å². The summed E-state index contributed by atoms with van der Waals surface area (Å²) in [4.78, 5) is 24.6. The van der Waals surface area contributed by atoms with E-state index >= 15 is 0 Å². The van der Waals surface area contributed by atoms with Crippen molar-refractivity contribution in [2.45, 2.75) is 411 Å². The summed E-state index contributed by atoms with van der Waals surface area (Å²) >= 11 is 0. The standard InChI is InChI=1S/C74H141NO5/c1-3-5-7-9-11-13-15-17-18-19-20-21-22-28-31-34-37-40-43-46-50-54-58-62-66-72(77)71(70-76)75-73(78)67-63-59-55-51-47-44-41-38-35-32-29-26-24-23-25-27-30-33-36-39-42-45-49-53-57-61-65-69-80-74(79)68-64-60-56-52-48-16-14-12-10-8-6-4-2/h12,14,23-24,27,30,71-72,76-77H,3-11,13,15-22,25-26,28-29,31-70H2,1-2H3,(H,75,78)/b14-12-,24-23-,30-27-. The molecule has 2 unspecified atom stereocenters. The summed E-state index contributed by atoms with van der Waals surface area (Å²) in [5.74, 6) is -0.0327. The fourth-order valence-corrected chi connectivity index (χ4v) is 11.4. The van der Waals surface area contributed by atoms with Gasteiger partial charge in [-0.05, 0) is 83.5 Å². The molecule has 0 aromatic heterocycles. The number of allylic oxidation sites excluding steroid dienone is 6. The Labute approximate surface area is 500 Å². The lowest BCUT2D eigenvalue weighted by Gasteiger charge is -2.22. The first-order valence-electron chi connectivity index (χ1n) is 36.2. The van der Waals surface area contributed by atoms with Crippen LogP contribution < -0.4 is 5.32 Å². The van der Waals surface area contributed by atoms with Gasteiger partial charge in [-0.1, -0.05) is 339 Å².